The minimum absolute atomic E-state index is 0.0311. The number of urea groups is 2. The Labute approximate surface area is 333 Å². The highest BCUT2D eigenvalue weighted by atomic mass is 32.2. The zero-order valence-corrected chi connectivity index (χ0v) is 33.6. The van der Waals surface area contributed by atoms with E-state index in [9.17, 15) is 14.0 Å². The molecular formula is C42H48FN7O4S2. The first kappa shape index (κ1) is 41.7. The van der Waals surface area contributed by atoms with Gasteiger partial charge in [0.05, 0.1) is 11.4 Å². The van der Waals surface area contributed by atoms with Gasteiger partial charge in [-0.1, -0.05) is 84.6 Å². The summed E-state index contributed by atoms with van der Waals surface area (Å²) in [7, 11) is 3.27. The van der Waals surface area contributed by atoms with Gasteiger partial charge < -0.3 is 25.8 Å². The Balaban J connectivity index is 1.47. The molecule has 0 aliphatic carbocycles. The van der Waals surface area contributed by atoms with Gasteiger partial charge in [-0.05, 0) is 114 Å². The normalized spacial score (nSPS) is 11.3. The molecule has 0 spiro atoms. The van der Waals surface area contributed by atoms with Gasteiger partial charge in [-0.25, -0.2) is 19.0 Å². The van der Waals surface area contributed by atoms with Gasteiger partial charge in [-0.2, -0.15) is 12.8 Å². The molecule has 0 aliphatic heterocycles. The van der Waals surface area contributed by atoms with Crippen LogP contribution in [0.1, 0.15) is 12.8 Å². The van der Waals surface area contributed by atoms with Gasteiger partial charge in [-0.15, -0.1) is 0 Å². The molecule has 0 fully saturated rings. The minimum Gasteiger partial charge on any atom is -0.338 e. The first-order valence-electron chi connectivity index (χ1n) is 18.2. The fraction of sp³-hybridized carbons (Fsp3) is 0.238. The standard InChI is InChI=1S/C42H48FN7O4S2/c1-47(2)29-14-28-44-41(51)46-37-20-10-11-21-38(37)55-39-22-12-13-23-40(39)56(53,54)50(34-16-6-5-7-17-34)49(31-15-30-48(3)4)42(52)45-33-26-24-32(25-27-33)35-18-8-9-19-36(35)43/h5-13,16-27H,14-15,28-31H2,1-4H3,(H,45,52)(H2,44,46,51). The molecule has 0 atom stereocenters. The molecule has 0 aromatic heterocycles. The number of carbonyl (C=O) groups excluding carboxylic acids is 2. The van der Waals surface area contributed by atoms with Gasteiger partial charge in [0.1, 0.15) is 10.7 Å². The highest BCUT2D eigenvalue weighted by Gasteiger charge is 2.35. The Bertz CT molecular complexity index is 2170. The van der Waals surface area contributed by atoms with Crippen LogP contribution in [0.5, 0.6) is 0 Å². The predicted octanol–water partition coefficient (Wildman–Crippen LogP) is 8.31. The molecule has 11 nitrogen and oxygen atoms in total. The van der Waals surface area contributed by atoms with Crippen molar-refractivity contribution in [3.8, 4) is 11.1 Å². The third kappa shape index (κ3) is 11.3. The third-order valence-electron chi connectivity index (χ3n) is 8.50. The van der Waals surface area contributed by atoms with Crippen LogP contribution in [-0.2, 0) is 10.0 Å². The minimum atomic E-state index is -4.48. The van der Waals surface area contributed by atoms with Gasteiger partial charge in [0.25, 0.3) is 10.0 Å². The lowest BCUT2D eigenvalue weighted by molar-refractivity contribution is 0.211. The quantitative estimate of drug-likeness (QED) is 0.0640. The SMILES string of the molecule is CN(C)CCCNC(=O)Nc1ccccc1Sc1ccccc1S(=O)(=O)N(c1ccccc1)N(CCCN(C)C)C(=O)Nc1ccc(-c2ccccc2F)cc1. The van der Waals surface area contributed by atoms with Gasteiger partial charge in [0, 0.05) is 34.1 Å². The zero-order chi connectivity index (χ0) is 40.1. The number of para-hydroxylation sites is 2. The van der Waals surface area contributed by atoms with Gasteiger partial charge >= 0.3 is 12.1 Å². The van der Waals surface area contributed by atoms with Crippen LogP contribution in [0.2, 0.25) is 0 Å². The number of rotatable bonds is 17. The molecule has 294 valence electrons. The van der Waals surface area contributed by atoms with E-state index in [0.29, 0.717) is 51.8 Å². The van der Waals surface area contributed by atoms with Gasteiger partial charge in [0.15, 0.2) is 0 Å². The van der Waals surface area contributed by atoms with E-state index in [1.807, 2.05) is 50.1 Å². The molecule has 0 radical (unpaired) electrons. The van der Waals surface area contributed by atoms with E-state index in [0.717, 1.165) is 17.4 Å². The highest BCUT2D eigenvalue weighted by Crippen LogP contribution is 2.39. The molecular weight excluding hydrogens is 750 g/mol. The molecule has 5 rings (SSSR count). The Hall–Kier alpha value is -5.41. The summed E-state index contributed by atoms with van der Waals surface area (Å²) in [6, 6.07) is 34.3. The van der Waals surface area contributed by atoms with Crippen molar-refractivity contribution in [3.63, 3.8) is 0 Å². The van der Waals surface area contributed by atoms with Crippen LogP contribution in [0.15, 0.2) is 142 Å². The molecule has 0 unspecified atom stereocenters. The maximum absolute atomic E-state index is 15.1. The number of sulfonamides is 1. The van der Waals surface area contributed by atoms with Crippen LogP contribution in [0.4, 0.5) is 31.0 Å². The first-order valence-corrected chi connectivity index (χ1v) is 20.4. The number of hydrogen-bond donors (Lipinski definition) is 3. The van der Waals surface area contributed by atoms with Gasteiger partial charge in [0.2, 0.25) is 0 Å². The number of benzene rings is 5. The van der Waals surface area contributed by atoms with Crippen LogP contribution in [0, 0.1) is 5.82 Å². The molecule has 4 amide bonds. The first-order chi connectivity index (χ1) is 26.9. The number of halogens is 1. The largest absolute Gasteiger partial charge is 0.341 e. The number of nitrogens with one attached hydrogen (secondary N) is 3. The molecule has 14 heteroatoms. The van der Waals surface area contributed by atoms with E-state index in [1.54, 1.807) is 103 Å². The molecule has 0 saturated carbocycles. The Kier molecular flexibility index (Phi) is 14.9. The van der Waals surface area contributed by atoms with Crippen LogP contribution < -0.4 is 20.4 Å². The van der Waals surface area contributed by atoms with E-state index >= 15 is 8.42 Å². The third-order valence-corrected chi connectivity index (χ3v) is 11.6. The number of carbonyl (C=O) groups is 2. The van der Waals surface area contributed by atoms with E-state index in [1.165, 1.54) is 28.9 Å². The van der Waals surface area contributed by atoms with Crippen molar-refractivity contribution in [2.75, 3.05) is 69.4 Å². The second-order valence-electron chi connectivity index (χ2n) is 13.4. The number of amides is 4. The second-order valence-corrected chi connectivity index (χ2v) is 16.3. The maximum atomic E-state index is 15.1. The summed E-state index contributed by atoms with van der Waals surface area (Å²) in [4.78, 5) is 32.1. The molecule has 56 heavy (non-hydrogen) atoms. The topological polar surface area (TPSA) is 117 Å². The second kappa shape index (κ2) is 20.0. The number of nitrogens with zero attached hydrogens (tertiary/aromatic N) is 4. The molecule has 5 aromatic rings. The van der Waals surface area contributed by atoms with E-state index < -0.39 is 16.1 Å². The molecule has 0 bridgehead atoms. The number of hydrogen-bond acceptors (Lipinski definition) is 7. The molecule has 0 aliphatic rings. The Morgan fingerprint density at radius 3 is 1.96 bits per heavy atom. The van der Waals surface area contributed by atoms with Crippen molar-refractivity contribution in [2.24, 2.45) is 0 Å². The van der Waals surface area contributed by atoms with Crippen LogP contribution in [0.3, 0.4) is 0 Å². The molecule has 5 aromatic carbocycles. The fourth-order valence-electron chi connectivity index (χ4n) is 5.77. The average Bonchev–Trinajstić information content (AvgIpc) is 3.18. The summed E-state index contributed by atoms with van der Waals surface area (Å²) in [5.41, 5.74) is 2.23. The molecule has 0 heterocycles. The monoisotopic (exact) mass is 797 g/mol. The summed E-state index contributed by atoms with van der Waals surface area (Å²) >= 11 is 1.19. The molecule has 3 N–H and O–H groups in total. The summed E-state index contributed by atoms with van der Waals surface area (Å²) in [6.07, 6.45) is 1.24. The van der Waals surface area contributed by atoms with Crippen LogP contribution in [-0.4, -0.2) is 89.7 Å². The zero-order valence-electron chi connectivity index (χ0n) is 32.0. The van der Waals surface area contributed by atoms with Crippen molar-refractivity contribution in [1.82, 2.24) is 20.1 Å². The van der Waals surface area contributed by atoms with Crippen molar-refractivity contribution < 1.29 is 22.4 Å². The van der Waals surface area contributed by atoms with Crippen molar-refractivity contribution in [1.29, 1.82) is 0 Å². The van der Waals surface area contributed by atoms with Crippen LogP contribution in [0.25, 0.3) is 11.1 Å². The summed E-state index contributed by atoms with van der Waals surface area (Å²) in [6.45, 7) is 1.96. The number of hydrazine groups is 1. The highest BCUT2D eigenvalue weighted by molar-refractivity contribution is 8.00. The summed E-state index contributed by atoms with van der Waals surface area (Å²) < 4.78 is 45.7. The Morgan fingerprint density at radius 2 is 1.27 bits per heavy atom. The summed E-state index contributed by atoms with van der Waals surface area (Å²) in [5.74, 6) is -0.366. The maximum Gasteiger partial charge on any atom is 0.341 e. The number of anilines is 3. The summed E-state index contributed by atoms with van der Waals surface area (Å²) in [5, 5.41) is 9.85. The van der Waals surface area contributed by atoms with Crippen molar-refractivity contribution >= 4 is 50.9 Å². The van der Waals surface area contributed by atoms with Crippen molar-refractivity contribution in [3.05, 3.63) is 133 Å². The fourth-order valence-corrected chi connectivity index (χ4v) is 8.72. The average molecular weight is 798 g/mol. The molecule has 0 saturated heterocycles. The van der Waals surface area contributed by atoms with E-state index in [2.05, 4.69) is 16.0 Å². The lowest BCUT2D eigenvalue weighted by Crippen LogP contribution is -2.52. The van der Waals surface area contributed by atoms with E-state index in [-0.39, 0.29) is 29.0 Å². The Morgan fingerprint density at radius 1 is 0.661 bits per heavy atom. The van der Waals surface area contributed by atoms with Crippen molar-refractivity contribution in [2.45, 2.75) is 27.5 Å². The van der Waals surface area contributed by atoms with Crippen LogP contribution >= 0.6 is 11.8 Å². The van der Waals surface area contributed by atoms with Gasteiger partial charge in [-0.3, -0.25) is 0 Å². The smallest absolute Gasteiger partial charge is 0.338 e. The predicted molar refractivity (Wildman–Crippen MR) is 224 cm³/mol. The lowest BCUT2D eigenvalue weighted by atomic mass is 10.1. The lowest BCUT2D eigenvalue weighted by Gasteiger charge is -2.36. The van der Waals surface area contributed by atoms with E-state index in [4.69, 9.17) is 0 Å².